The third-order valence-electron chi connectivity index (χ3n) is 4.45. The van der Waals surface area contributed by atoms with E-state index in [1.54, 1.807) is 30.5 Å². The molecule has 1 atom stereocenters. The Bertz CT molecular complexity index is 1220. The summed E-state index contributed by atoms with van der Waals surface area (Å²) in [6.45, 7) is 0. The Morgan fingerprint density at radius 1 is 1.03 bits per heavy atom. The van der Waals surface area contributed by atoms with Crippen molar-refractivity contribution in [1.82, 2.24) is 20.2 Å². The van der Waals surface area contributed by atoms with Gasteiger partial charge in [-0.05, 0) is 23.8 Å². The third kappa shape index (κ3) is 3.87. The van der Waals surface area contributed by atoms with Gasteiger partial charge in [-0.25, -0.2) is 4.98 Å². The summed E-state index contributed by atoms with van der Waals surface area (Å²) in [4.78, 5) is 32.2. The molecule has 0 saturated heterocycles. The monoisotopic (exact) mass is 402 g/mol. The summed E-state index contributed by atoms with van der Waals surface area (Å²) in [7, 11) is 0. The maximum Gasteiger partial charge on any atom is 0.254 e. The minimum atomic E-state index is -0.847. The molecule has 30 heavy (non-hydrogen) atoms. The summed E-state index contributed by atoms with van der Waals surface area (Å²) in [6.07, 6.45) is 2.99. The summed E-state index contributed by atoms with van der Waals surface area (Å²) in [5.74, 6) is -0.989. The first-order valence-electron chi connectivity index (χ1n) is 8.99. The Hall–Kier alpha value is -4.47. The molecule has 0 spiro atoms. The van der Waals surface area contributed by atoms with Crippen LogP contribution in [0.1, 0.15) is 22.0 Å². The normalized spacial score (nSPS) is 11.7. The number of hydrogen-bond donors (Lipinski definition) is 5. The number of nitrogens with two attached hydrogens (primary N) is 2. The molecule has 0 aliphatic carbocycles. The molecule has 0 saturated carbocycles. The van der Waals surface area contributed by atoms with Crippen molar-refractivity contribution in [3.63, 3.8) is 0 Å². The second-order valence-corrected chi connectivity index (χ2v) is 6.51. The molecule has 1 unspecified atom stereocenters. The smallest absolute Gasteiger partial charge is 0.254 e. The number of nitrogens with zero attached hydrogens (tertiary/aromatic N) is 3. The molecular weight excluding hydrogens is 384 g/mol. The standard InChI is InChI=1S/C20H18N8O2/c21-17(29)14-10-23-20(26-16(18(22)30)11-4-2-1-3-5-11)27-19(14)25-13-7-6-12-9-24-28-15(12)8-13/h1-10,16H,(H2,21,29)(H2,22,30)(H,24,28)(H2,23,25,26,27). The van der Waals surface area contributed by atoms with Gasteiger partial charge in [0.15, 0.2) is 0 Å². The topological polar surface area (TPSA) is 165 Å². The van der Waals surface area contributed by atoms with Crippen LogP contribution in [0.3, 0.4) is 0 Å². The van der Waals surface area contributed by atoms with Crippen LogP contribution in [-0.4, -0.2) is 32.0 Å². The Kier molecular flexibility index (Phi) is 4.95. The fourth-order valence-corrected chi connectivity index (χ4v) is 2.97. The molecule has 0 aliphatic rings. The van der Waals surface area contributed by atoms with E-state index in [1.807, 2.05) is 24.3 Å². The van der Waals surface area contributed by atoms with Gasteiger partial charge in [0.05, 0.1) is 11.7 Å². The molecule has 2 aromatic carbocycles. The number of rotatable bonds is 7. The van der Waals surface area contributed by atoms with E-state index in [1.165, 1.54) is 6.20 Å². The Balaban J connectivity index is 1.66. The summed E-state index contributed by atoms with van der Waals surface area (Å²) >= 11 is 0. The number of carbonyl (C=O) groups is 2. The SMILES string of the molecule is NC(=O)c1cnc(NC(C(N)=O)c2ccccc2)nc1Nc1ccc2cn[nH]c2c1. The number of hydrogen-bond acceptors (Lipinski definition) is 7. The van der Waals surface area contributed by atoms with Crippen LogP contribution in [0.2, 0.25) is 0 Å². The predicted molar refractivity (Wildman–Crippen MR) is 112 cm³/mol. The molecule has 10 nitrogen and oxygen atoms in total. The van der Waals surface area contributed by atoms with Crippen LogP contribution in [0.4, 0.5) is 17.5 Å². The number of primary amides is 2. The van der Waals surface area contributed by atoms with Crippen molar-refractivity contribution in [1.29, 1.82) is 0 Å². The number of H-pyrrole nitrogens is 1. The molecule has 2 amide bonds. The van der Waals surface area contributed by atoms with Crippen molar-refractivity contribution < 1.29 is 9.59 Å². The average Bonchev–Trinajstić information content (AvgIpc) is 3.20. The van der Waals surface area contributed by atoms with Gasteiger partial charge in [-0.15, -0.1) is 0 Å². The van der Waals surface area contributed by atoms with Crippen LogP contribution in [-0.2, 0) is 4.79 Å². The summed E-state index contributed by atoms with van der Waals surface area (Å²) < 4.78 is 0. The second-order valence-electron chi connectivity index (χ2n) is 6.51. The largest absolute Gasteiger partial charge is 0.368 e. The number of fused-ring (bicyclic) bond motifs is 1. The highest BCUT2D eigenvalue weighted by Crippen LogP contribution is 2.24. The van der Waals surface area contributed by atoms with Crippen molar-refractivity contribution in [2.45, 2.75) is 6.04 Å². The molecule has 0 radical (unpaired) electrons. The van der Waals surface area contributed by atoms with Gasteiger partial charge in [-0.1, -0.05) is 30.3 Å². The Labute approximate surface area is 170 Å². The summed E-state index contributed by atoms with van der Waals surface area (Å²) in [6, 6.07) is 13.6. The predicted octanol–water partition coefficient (Wildman–Crippen LogP) is 1.83. The summed E-state index contributed by atoms with van der Waals surface area (Å²) in [5.41, 5.74) is 13.2. The molecule has 2 heterocycles. The van der Waals surface area contributed by atoms with Crippen molar-refractivity contribution in [3.05, 3.63) is 72.1 Å². The fraction of sp³-hybridized carbons (Fsp3) is 0.0500. The van der Waals surface area contributed by atoms with Crippen molar-refractivity contribution in [2.24, 2.45) is 11.5 Å². The molecule has 10 heteroatoms. The van der Waals surface area contributed by atoms with Gasteiger partial charge in [0.25, 0.3) is 5.91 Å². The van der Waals surface area contributed by atoms with Crippen LogP contribution in [0, 0.1) is 0 Å². The molecule has 0 fully saturated rings. The highest BCUT2D eigenvalue weighted by molar-refractivity contribution is 5.98. The van der Waals surface area contributed by atoms with E-state index < -0.39 is 17.9 Å². The quantitative estimate of drug-likeness (QED) is 0.314. The van der Waals surface area contributed by atoms with Gasteiger partial charge >= 0.3 is 0 Å². The first-order chi connectivity index (χ1) is 14.5. The lowest BCUT2D eigenvalue weighted by atomic mass is 10.1. The van der Waals surface area contributed by atoms with Gasteiger partial charge in [0.1, 0.15) is 17.4 Å². The van der Waals surface area contributed by atoms with Gasteiger partial charge < -0.3 is 22.1 Å². The number of aromatic nitrogens is 4. The fourth-order valence-electron chi connectivity index (χ4n) is 2.97. The third-order valence-corrected chi connectivity index (χ3v) is 4.45. The van der Waals surface area contributed by atoms with Gasteiger partial charge in [0, 0.05) is 17.3 Å². The Morgan fingerprint density at radius 3 is 2.57 bits per heavy atom. The van der Waals surface area contributed by atoms with Gasteiger partial charge in [-0.2, -0.15) is 10.1 Å². The first-order valence-corrected chi connectivity index (χ1v) is 8.99. The van der Waals surface area contributed by atoms with E-state index in [0.717, 1.165) is 10.9 Å². The van der Waals surface area contributed by atoms with E-state index in [2.05, 4.69) is 30.8 Å². The van der Waals surface area contributed by atoms with Crippen LogP contribution in [0.25, 0.3) is 10.9 Å². The van der Waals surface area contributed by atoms with Gasteiger partial charge in [-0.3, -0.25) is 14.7 Å². The first kappa shape index (κ1) is 18.9. The van der Waals surface area contributed by atoms with E-state index >= 15 is 0 Å². The molecule has 4 aromatic rings. The lowest BCUT2D eigenvalue weighted by molar-refractivity contribution is -0.118. The number of carbonyl (C=O) groups excluding carboxylic acids is 2. The summed E-state index contributed by atoms with van der Waals surface area (Å²) in [5, 5.41) is 13.8. The zero-order valence-electron chi connectivity index (χ0n) is 15.7. The second kappa shape index (κ2) is 7.87. The van der Waals surface area contributed by atoms with Crippen molar-refractivity contribution >= 4 is 40.2 Å². The minimum Gasteiger partial charge on any atom is -0.368 e. The molecule has 7 N–H and O–H groups in total. The van der Waals surface area contributed by atoms with Crippen LogP contribution < -0.4 is 22.1 Å². The Morgan fingerprint density at radius 2 is 1.83 bits per heavy atom. The molecule has 0 bridgehead atoms. The zero-order valence-corrected chi connectivity index (χ0v) is 15.7. The molecule has 4 rings (SSSR count). The van der Waals surface area contributed by atoms with E-state index in [9.17, 15) is 9.59 Å². The highest BCUT2D eigenvalue weighted by atomic mass is 16.1. The lowest BCUT2D eigenvalue weighted by Gasteiger charge is -2.17. The number of nitrogens with one attached hydrogen (secondary N) is 3. The van der Waals surface area contributed by atoms with Crippen LogP contribution >= 0.6 is 0 Å². The van der Waals surface area contributed by atoms with E-state index in [0.29, 0.717) is 11.3 Å². The molecule has 2 aromatic heterocycles. The van der Waals surface area contributed by atoms with Crippen molar-refractivity contribution in [3.8, 4) is 0 Å². The molecular formula is C20H18N8O2. The lowest BCUT2D eigenvalue weighted by Crippen LogP contribution is -2.28. The van der Waals surface area contributed by atoms with Gasteiger partial charge in [0.2, 0.25) is 11.9 Å². The van der Waals surface area contributed by atoms with E-state index in [4.69, 9.17) is 11.5 Å². The number of amides is 2. The highest BCUT2D eigenvalue weighted by Gasteiger charge is 2.20. The number of anilines is 3. The number of aromatic amines is 1. The van der Waals surface area contributed by atoms with E-state index in [-0.39, 0.29) is 17.3 Å². The van der Waals surface area contributed by atoms with Crippen LogP contribution in [0.15, 0.2) is 60.9 Å². The molecule has 150 valence electrons. The zero-order chi connectivity index (χ0) is 21.1. The maximum absolute atomic E-state index is 12.0. The average molecular weight is 402 g/mol. The van der Waals surface area contributed by atoms with Crippen molar-refractivity contribution in [2.75, 3.05) is 10.6 Å². The minimum absolute atomic E-state index is 0.0978. The number of benzene rings is 2. The maximum atomic E-state index is 12.0. The molecule has 0 aliphatic heterocycles. The van der Waals surface area contributed by atoms with Crippen LogP contribution in [0.5, 0.6) is 0 Å².